The van der Waals surface area contributed by atoms with Gasteiger partial charge in [0.25, 0.3) is 0 Å². The van der Waals surface area contributed by atoms with Crippen LogP contribution >= 0.6 is 0 Å². The molecule has 0 N–H and O–H groups in total. The zero-order chi connectivity index (χ0) is 18.4. The van der Waals surface area contributed by atoms with Crippen molar-refractivity contribution in [1.82, 2.24) is 0 Å². The average Bonchev–Trinajstić information content (AvgIpc) is 3.06. The fraction of sp³-hybridized carbons (Fsp3) is 0.333. The van der Waals surface area contributed by atoms with Gasteiger partial charge in [0, 0.05) is 0 Å². The Morgan fingerprint density at radius 3 is 1.50 bits per heavy atom. The summed E-state index contributed by atoms with van der Waals surface area (Å²) < 4.78 is 6.95. The molecule has 2 aliphatic carbocycles. The van der Waals surface area contributed by atoms with E-state index in [0.29, 0.717) is 0 Å². The molecule has 2 heteroatoms. The average molecular weight is 523 g/mol. The van der Waals surface area contributed by atoms with Gasteiger partial charge >= 0.3 is 164 Å². The molecule has 132 valence electrons. The van der Waals surface area contributed by atoms with E-state index in [1.807, 2.05) is 0 Å². The van der Waals surface area contributed by atoms with E-state index >= 15 is 0 Å². The number of allylic oxidation sites excluding steroid dienone is 2. The number of benzene rings is 2. The normalized spacial score (nSPS) is 27.2. The number of hydrogen-bond donors (Lipinski definition) is 0. The molecule has 0 aromatic heterocycles. The monoisotopic (exact) mass is 524 g/mol. The van der Waals surface area contributed by atoms with Gasteiger partial charge in [0.05, 0.1) is 0 Å². The van der Waals surface area contributed by atoms with Crippen LogP contribution in [0.3, 0.4) is 0 Å². The van der Waals surface area contributed by atoms with E-state index in [-0.39, 0.29) is 0 Å². The van der Waals surface area contributed by atoms with Gasteiger partial charge in [0.15, 0.2) is 0 Å². The van der Waals surface area contributed by atoms with E-state index in [2.05, 4.69) is 84.8 Å². The van der Waals surface area contributed by atoms with Crippen LogP contribution in [0.1, 0.15) is 43.5 Å². The number of fused-ring (bicyclic) bond motifs is 8. The Labute approximate surface area is 163 Å². The van der Waals surface area contributed by atoms with Crippen molar-refractivity contribution in [3.8, 4) is 0 Å². The zero-order valence-corrected chi connectivity index (χ0v) is 21.4. The molecule has 0 nitrogen and oxygen atoms in total. The van der Waals surface area contributed by atoms with Gasteiger partial charge in [0.1, 0.15) is 0 Å². The Morgan fingerprint density at radius 2 is 1.08 bits per heavy atom. The molecule has 0 fully saturated rings. The van der Waals surface area contributed by atoms with E-state index in [4.69, 9.17) is 0 Å². The summed E-state index contributed by atoms with van der Waals surface area (Å²) in [7, 11) is -1.74. The molecule has 0 spiro atoms. The first-order valence-electron chi connectivity index (χ1n) is 9.89. The molecular formula is C24H28HfSi. The molecule has 2 unspecified atom stereocenters. The van der Waals surface area contributed by atoms with Crippen LogP contribution < -0.4 is 0 Å². The second kappa shape index (κ2) is 5.29. The molecule has 2 atom stereocenters. The van der Waals surface area contributed by atoms with Gasteiger partial charge in [-0.3, -0.25) is 0 Å². The van der Waals surface area contributed by atoms with E-state index in [0.717, 1.165) is 7.35 Å². The first kappa shape index (κ1) is 17.1. The molecule has 2 aromatic rings. The van der Waals surface area contributed by atoms with E-state index in [1.165, 1.54) is 0 Å². The summed E-state index contributed by atoms with van der Waals surface area (Å²) >= 11 is -2.72. The minimum absolute atomic E-state index is 0.744. The van der Waals surface area contributed by atoms with E-state index < -0.39 is 28.0 Å². The number of rotatable bonds is 0. The topological polar surface area (TPSA) is 0 Å². The van der Waals surface area contributed by atoms with Gasteiger partial charge < -0.3 is 0 Å². The molecule has 5 rings (SSSR count). The van der Waals surface area contributed by atoms with Crippen molar-refractivity contribution in [1.29, 1.82) is 0 Å². The van der Waals surface area contributed by atoms with Crippen LogP contribution in [0.5, 0.6) is 0 Å². The molecular weight excluding hydrogens is 495 g/mol. The van der Waals surface area contributed by atoms with Crippen molar-refractivity contribution in [2.24, 2.45) is 0 Å². The summed E-state index contributed by atoms with van der Waals surface area (Å²) in [4.78, 5) is 0. The van der Waals surface area contributed by atoms with Crippen molar-refractivity contribution in [3.63, 3.8) is 0 Å². The van der Waals surface area contributed by atoms with Crippen LogP contribution in [0.2, 0.25) is 22.5 Å². The summed E-state index contributed by atoms with van der Waals surface area (Å²) in [5, 5.41) is 3.52. The van der Waals surface area contributed by atoms with E-state index in [9.17, 15) is 0 Å². The molecule has 3 aliphatic rings. The van der Waals surface area contributed by atoms with Crippen molar-refractivity contribution in [2.75, 3.05) is 0 Å². The van der Waals surface area contributed by atoms with Gasteiger partial charge in [-0.2, -0.15) is 0 Å². The molecule has 0 amide bonds. The summed E-state index contributed by atoms with van der Waals surface area (Å²) in [6, 6.07) is 18.8. The molecule has 0 saturated carbocycles. The first-order valence-corrected chi connectivity index (χ1v) is 24.2. The van der Waals surface area contributed by atoms with Crippen LogP contribution in [0.25, 0.3) is 10.4 Å². The third-order valence-electron chi connectivity index (χ3n) is 7.47. The van der Waals surface area contributed by atoms with Gasteiger partial charge in [-0.25, -0.2) is 0 Å². The maximum atomic E-state index is 2.73. The Kier molecular flexibility index (Phi) is 3.49. The van der Waals surface area contributed by atoms with Crippen LogP contribution in [0, 0.1) is 0 Å². The maximum absolute atomic E-state index is 2.73. The predicted molar refractivity (Wildman–Crippen MR) is 113 cm³/mol. The Hall–Kier alpha value is -0.993. The van der Waals surface area contributed by atoms with Crippen molar-refractivity contribution in [2.45, 2.75) is 43.7 Å². The van der Waals surface area contributed by atoms with Crippen LogP contribution in [-0.4, -0.2) is 8.07 Å². The minimum atomic E-state index is -2.72. The van der Waals surface area contributed by atoms with Crippen molar-refractivity contribution in [3.05, 3.63) is 81.9 Å². The summed E-state index contributed by atoms with van der Waals surface area (Å²) in [5.41, 5.74) is 10.0. The molecule has 4 bridgehead atoms. The molecule has 1 aliphatic heterocycles. The van der Waals surface area contributed by atoms with Gasteiger partial charge in [0.2, 0.25) is 0 Å². The first-order chi connectivity index (χ1) is 12.3. The third kappa shape index (κ3) is 1.88. The van der Waals surface area contributed by atoms with Crippen LogP contribution in [0.4, 0.5) is 0 Å². The molecule has 1 heterocycles. The van der Waals surface area contributed by atoms with E-state index in [1.54, 1.807) is 43.8 Å². The SMILES string of the molecule is CC1=C2c3ccccc3[CH]1[Hf]([CH3])([CH3])[CH]1C(C)=C(c3ccccc31)[Si]2(C)C. The Balaban J connectivity index is 1.93. The van der Waals surface area contributed by atoms with Crippen molar-refractivity contribution < 1.29 is 20.0 Å². The standard InChI is InChI=1S/C22H22Si.2CH3.Hf/c1-15-13-17-9-5-7-11-19(17)21(15)23(3,4)22-16(2)14-18-10-6-8-12-20(18)22;;;/h5-14H,1-4H3;2*1H3;. The second-order valence-electron chi connectivity index (χ2n) is 9.60. The summed E-state index contributed by atoms with van der Waals surface area (Å²) in [6.45, 7) is 10.2. The molecule has 26 heavy (non-hydrogen) atoms. The molecule has 0 radical (unpaired) electrons. The summed E-state index contributed by atoms with van der Waals surface area (Å²) in [5.74, 6) is 0. The quantitative estimate of drug-likeness (QED) is 0.324. The molecule has 0 saturated heterocycles. The second-order valence-corrected chi connectivity index (χ2v) is 31.1. The predicted octanol–water partition coefficient (Wildman–Crippen LogP) is 7.09. The summed E-state index contributed by atoms with van der Waals surface area (Å²) in [6.07, 6.45) is 0. The Morgan fingerprint density at radius 1 is 0.692 bits per heavy atom. The Bertz CT molecular complexity index is 943. The van der Waals surface area contributed by atoms with Gasteiger partial charge in [-0.1, -0.05) is 0 Å². The van der Waals surface area contributed by atoms with Gasteiger partial charge in [-0.05, 0) is 0 Å². The number of hydrogen-bond acceptors (Lipinski definition) is 0. The zero-order valence-electron chi connectivity index (χ0n) is 16.8. The van der Waals surface area contributed by atoms with Crippen LogP contribution in [-0.2, 0) is 20.0 Å². The van der Waals surface area contributed by atoms with Crippen LogP contribution in [0.15, 0.2) is 59.7 Å². The third-order valence-corrected chi connectivity index (χ3v) is 27.3. The van der Waals surface area contributed by atoms with Crippen molar-refractivity contribution >= 4 is 18.5 Å². The fourth-order valence-electron chi connectivity index (χ4n) is 7.00. The fourth-order valence-corrected chi connectivity index (χ4v) is 30.2. The van der Waals surface area contributed by atoms with Gasteiger partial charge in [-0.15, -0.1) is 0 Å². The molecule has 2 aromatic carbocycles.